The Morgan fingerprint density at radius 2 is 1.69 bits per heavy atom. The molecule has 2 aliphatic rings. The van der Waals surface area contributed by atoms with Crippen LogP contribution in [-0.4, -0.2) is 25.1 Å². The highest BCUT2D eigenvalue weighted by atomic mass is 35.5. The molecule has 2 heterocycles. The van der Waals surface area contributed by atoms with Gasteiger partial charge in [0, 0.05) is 11.5 Å². The van der Waals surface area contributed by atoms with E-state index < -0.39 is 12.0 Å². The van der Waals surface area contributed by atoms with Crippen LogP contribution in [0.3, 0.4) is 0 Å². The molecule has 0 radical (unpaired) electrons. The number of benzene rings is 3. The molecule has 3 aromatic carbocycles. The molecular weight excluding hydrogens is 491 g/mol. The highest BCUT2D eigenvalue weighted by Gasteiger charge is 2.49. The first-order chi connectivity index (χ1) is 16.9. The molecule has 2 saturated heterocycles. The SMILES string of the molecule is Cl.FC(F)(F)Oc1ccc(OCc2ccccc2)c([C@@H]2CO[C@]3(CCCN[C@H]3c3ccccc3)C2)c1. The van der Waals surface area contributed by atoms with Gasteiger partial charge < -0.3 is 19.5 Å². The summed E-state index contributed by atoms with van der Waals surface area (Å²) >= 11 is 0. The lowest BCUT2D eigenvalue weighted by molar-refractivity contribution is -0.274. The summed E-state index contributed by atoms with van der Waals surface area (Å²) < 4.78 is 55.7. The molecule has 0 aromatic heterocycles. The quantitative estimate of drug-likeness (QED) is 0.382. The minimum absolute atomic E-state index is 0. The minimum Gasteiger partial charge on any atom is -0.489 e. The molecule has 3 atom stereocenters. The summed E-state index contributed by atoms with van der Waals surface area (Å²) in [6.07, 6.45) is -2.22. The van der Waals surface area contributed by atoms with Crippen LogP contribution in [0.4, 0.5) is 13.2 Å². The third-order valence-corrected chi connectivity index (χ3v) is 6.84. The van der Waals surface area contributed by atoms with Crippen molar-refractivity contribution in [3.05, 3.63) is 95.6 Å². The first kappa shape index (κ1) is 26.3. The molecule has 5 rings (SSSR count). The number of hydrogen-bond acceptors (Lipinski definition) is 4. The fraction of sp³-hybridized carbons (Fsp3) is 0.357. The van der Waals surface area contributed by atoms with Crippen LogP contribution in [0.15, 0.2) is 78.9 Å². The molecular formula is C28H29ClF3NO3. The van der Waals surface area contributed by atoms with Crippen LogP contribution in [0.1, 0.15) is 47.9 Å². The lowest BCUT2D eigenvalue weighted by atomic mass is 9.77. The van der Waals surface area contributed by atoms with E-state index in [4.69, 9.17) is 9.47 Å². The third-order valence-electron chi connectivity index (χ3n) is 6.84. The smallest absolute Gasteiger partial charge is 0.489 e. The van der Waals surface area contributed by atoms with Crippen LogP contribution < -0.4 is 14.8 Å². The molecule has 2 fully saturated rings. The fourth-order valence-electron chi connectivity index (χ4n) is 5.32. The summed E-state index contributed by atoms with van der Waals surface area (Å²) in [5.41, 5.74) is 2.38. The maximum Gasteiger partial charge on any atom is 0.573 e. The zero-order chi connectivity index (χ0) is 24.3. The lowest BCUT2D eigenvalue weighted by Gasteiger charge is -2.41. The number of piperidine rings is 1. The number of halogens is 4. The number of hydrogen-bond donors (Lipinski definition) is 1. The van der Waals surface area contributed by atoms with Gasteiger partial charge >= 0.3 is 6.36 Å². The van der Waals surface area contributed by atoms with E-state index in [1.54, 1.807) is 6.07 Å². The van der Waals surface area contributed by atoms with Crippen molar-refractivity contribution < 1.29 is 27.4 Å². The molecule has 8 heteroatoms. The van der Waals surface area contributed by atoms with E-state index in [9.17, 15) is 13.2 Å². The molecule has 0 amide bonds. The third kappa shape index (κ3) is 5.97. The Morgan fingerprint density at radius 3 is 2.42 bits per heavy atom. The van der Waals surface area contributed by atoms with E-state index in [1.807, 2.05) is 48.5 Å². The molecule has 1 N–H and O–H groups in total. The average Bonchev–Trinajstić information content (AvgIpc) is 3.27. The Hall–Kier alpha value is -2.74. The lowest BCUT2D eigenvalue weighted by Crippen LogP contribution is -2.48. The van der Waals surface area contributed by atoms with Gasteiger partial charge in [-0.1, -0.05) is 60.7 Å². The molecule has 0 aliphatic carbocycles. The summed E-state index contributed by atoms with van der Waals surface area (Å²) in [7, 11) is 0. The summed E-state index contributed by atoms with van der Waals surface area (Å²) in [6.45, 7) is 1.62. The van der Waals surface area contributed by atoms with Crippen molar-refractivity contribution in [3.63, 3.8) is 0 Å². The van der Waals surface area contributed by atoms with E-state index >= 15 is 0 Å². The van der Waals surface area contributed by atoms with Crippen LogP contribution in [0.25, 0.3) is 0 Å². The second-order valence-electron chi connectivity index (χ2n) is 9.20. The second kappa shape index (κ2) is 11.1. The van der Waals surface area contributed by atoms with Crippen LogP contribution >= 0.6 is 12.4 Å². The zero-order valence-corrected chi connectivity index (χ0v) is 20.5. The van der Waals surface area contributed by atoms with E-state index in [0.29, 0.717) is 30.9 Å². The van der Waals surface area contributed by atoms with E-state index in [2.05, 4.69) is 22.2 Å². The van der Waals surface area contributed by atoms with Gasteiger partial charge in [-0.3, -0.25) is 0 Å². The summed E-state index contributed by atoms with van der Waals surface area (Å²) in [4.78, 5) is 0. The predicted molar refractivity (Wildman–Crippen MR) is 134 cm³/mol. The molecule has 3 aromatic rings. The van der Waals surface area contributed by atoms with Crippen LogP contribution in [0, 0.1) is 0 Å². The summed E-state index contributed by atoms with van der Waals surface area (Å²) in [5, 5.41) is 3.61. The van der Waals surface area contributed by atoms with Gasteiger partial charge in [0.25, 0.3) is 0 Å². The van der Waals surface area contributed by atoms with Crippen molar-refractivity contribution in [1.29, 1.82) is 0 Å². The van der Waals surface area contributed by atoms with Crippen LogP contribution in [0.2, 0.25) is 0 Å². The Morgan fingerprint density at radius 1 is 0.972 bits per heavy atom. The highest BCUT2D eigenvalue weighted by molar-refractivity contribution is 5.85. The monoisotopic (exact) mass is 519 g/mol. The van der Waals surface area contributed by atoms with Crippen molar-refractivity contribution in [2.24, 2.45) is 0 Å². The molecule has 2 aliphatic heterocycles. The normalized spacial score (nSPS) is 23.8. The van der Waals surface area contributed by atoms with Gasteiger partial charge in [-0.2, -0.15) is 0 Å². The average molecular weight is 520 g/mol. The molecule has 36 heavy (non-hydrogen) atoms. The molecule has 0 saturated carbocycles. The topological polar surface area (TPSA) is 39.7 Å². The van der Waals surface area contributed by atoms with Crippen LogP contribution in [-0.2, 0) is 11.3 Å². The van der Waals surface area contributed by atoms with Gasteiger partial charge in [0.2, 0.25) is 0 Å². The maximum absolute atomic E-state index is 13.0. The zero-order valence-electron chi connectivity index (χ0n) is 19.7. The number of nitrogens with one attached hydrogen (secondary N) is 1. The van der Waals surface area contributed by atoms with Crippen LogP contribution in [0.5, 0.6) is 11.5 Å². The Bertz CT molecular complexity index is 1130. The standard InChI is InChI=1S/C28H28F3NO3.ClH/c29-28(30,31)35-23-12-13-25(33-18-20-8-3-1-4-9-20)24(16-23)22-17-27(34-19-22)14-7-15-32-26(27)21-10-5-2-6-11-21;/h1-6,8-13,16,22,26,32H,7,14-15,17-19H2;1H/t22-,26-,27+;/m0./s1. The first-order valence-electron chi connectivity index (χ1n) is 11.9. The van der Waals surface area contributed by atoms with Crippen molar-refractivity contribution in [1.82, 2.24) is 5.32 Å². The van der Waals surface area contributed by atoms with Gasteiger partial charge in [-0.25, -0.2) is 0 Å². The maximum atomic E-state index is 13.0. The van der Waals surface area contributed by atoms with Gasteiger partial charge in [0.05, 0.1) is 18.2 Å². The largest absolute Gasteiger partial charge is 0.573 e. The summed E-state index contributed by atoms with van der Waals surface area (Å²) in [5.74, 6) is 0.180. The van der Waals surface area contributed by atoms with Crippen molar-refractivity contribution in [2.45, 2.75) is 49.8 Å². The second-order valence-corrected chi connectivity index (χ2v) is 9.20. The Labute approximate surface area is 215 Å². The van der Waals surface area contributed by atoms with Gasteiger partial charge in [-0.05, 0) is 55.1 Å². The summed E-state index contributed by atoms with van der Waals surface area (Å²) in [6, 6.07) is 24.2. The predicted octanol–water partition coefficient (Wildman–Crippen LogP) is 6.95. The molecule has 192 valence electrons. The molecule has 1 spiro atoms. The van der Waals surface area contributed by atoms with Crippen molar-refractivity contribution in [2.75, 3.05) is 13.2 Å². The van der Waals surface area contributed by atoms with Gasteiger partial charge in [0.1, 0.15) is 18.1 Å². The number of rotatable bonds is 6. The van der Waals surface area contributed by atoms with E-state index in [0.717, 1.165) is 30.5 Å². The number of ether oxygens (including phenoxy) is 3. The van der Waals surface area contributed by atoms with Gasteiger partial charge in [0.15, 0.2) is 0 Å². The highest BCUT2D eigenvalue weighted by Crippen LogP contribution is 2.50. The van der Waals surface area contributed by atoms with Crippen molar-refractivity contribution >= 4 is 12.4 Å². The molecule has 4 nitrogen and oxygen atoms in total. The fourth-order valence-corrected chi connectivity index (χ4v) is 5.32. The Kier molecular flexibility index (Phi) is 8.13. The minimum atomic E-state index is -4.76. The van der Waals surface area contributed by atoms with E-state index in [1.165, 1.54) is 12.1 Å². The van der Waals surface area contributed by atoms with Crippen molar-refractivity contribution in [3.8, 4) is 11.5 Å². The van der Waals surface area contributed by atoms with E-state index in [-0.39, 0.29) is 30.1 Å². The first-order valence-corrected chi connectivity index (χ1v) is 11.9. The van der Waals surface area contributed by atoms with Gasteiger partial charge in [-0.15, -0.1) is 25.6 Å². The molecule has 0 bridgehead atoms. The molecule has 0 unspecified atom stereocenters. The number of alkyl halides is 3. The Balaban J connectivity index is 0.00000304.